The number of piperidine rings is 1. The molecule has 1 aromatic carbocycles. The molecule has 0 aromatic heterocycles. The van der Waals surface area contributed by atoms with Gasteiger partial charge < -0.3 is 20.1 Å². The lowest BCUT2D eigenvalue weighted by Gasteiger charge is -2.37. The van der Waals surface area contributed by atoms with Gasteiger partial charge in [0.2, 0.25) is 0 Å². The van der Waals surface area contributed by atoms with Crippen LogP contribution in [0.25, 0.3) is 0 Å². The summed E-state index contributed by atoms with van der Waals surface area (Å²) in [7, 11) is 3.25. The van der Waals surface area contributed by atoms with Crippen molar-refractivity contribution >= 4 is 5.69 Å². The van der Waals surface area contributed by atoms with Gasteiger partial charge in [0, 0.05) is 19.2 Å². The Labute approximate surface area is 113 Å². The molecule has 2 N–H and O–H groups in total. The number of nitriles is 1. The Morgan fingerprint density at radius 2 is 2.16 bits per heavy atom. The topological polar surface area (TPSA) is 71.5 Å². The number of nitrogens with two attached hydrogens (primary N) is 1. The normalized spacial score (nSPS) is 22.7. The van der Waals surface area contributed by atoms with Crippen molar-refractivity contribution in [1.82, 2.24) is 0 Å². The van der Waals surface area contributed by atoms with Crippen molar-refractivity contribution in [1.29, 1.82) is 5.26 Å². The number of hydrogen-bond donors (Lipinski definition) is 1. The lowest BCUT2D eigenvalue weighted by molar-refractivity contribution is 0.387. The molecule has 5 heteroatoms. The first-order valence-electron chi connectivity index (χ1n) is 6.29. The molecule has 1 aromatic rings. The lowest BCUT2D eigenvalue weighted by Crippen LogP contribution is -2.53. The van der Waals surface area contributed by atoms with Gasteiger partial charge in [-0.15, -0.1) is 0 Å². The zero-order valence-corrected chi connectivity index (χ0v) is 11.3. The predicted molar refractivity (Wildman–Crippen MR) is 73.5 cm³/mol. The average molecular weight is 261 g/mol. The van der Waals surface area contributed by atoms with Gasteiger partial charge in [0.25, 0.3) is 0 Å². The van der Waals surface area contributed by atoms with Gasteiger partial charge in [0.15, 0.2) is 0 Å². The van der Waals surface area contributed by atoms with Gasteiger partial charge in [-0.25, -0.2) is 0 Å². The molecule has 19 heavy (non-hydrogen) atoms. The van der Waals surface area contributed by atoms with E-state index < -0.39 is 5.54 Å². The van der Waals surface area contributed by atoms with E-state index in [0.29, 0.717) is 6.54 Å². The van der Waals surface area contributed by atoms with E-state index in [4.69, 9.17) is 15.2 Å². The first-order chi connectivity index (χ1) is 9.11. The van der Waals surface area contributed by atoms with E-state index in [1.54, 1.807) is 14.2 Å². The van der Waals surface area contributed by atoms with Crippen LogP contribution in [0.4, 0.5) is 5.69 Å². The van der Waals surface area contributed by atoms with E-state index in [1.165, 1.54) is 0 Å². The number of anilines is 1. The number of methoxy groups -OCH3 is 2. The average Bonchev–Trinajstić information content (AvgIpc) is 2.46. The monoisotopic (exact) mass is 261 g/mol. The maximum atomic E-state index is 9.17. The predicted octanol–water partition coefficient (Wildman–Crippen LogP) is 1.53. The molecule has 0 bridgehead atoms. The molecule has 0 radical (unpaired) electrons. The smallest absolute Gasteiger partial charge is 0.145 e. The van der Waals surface area contributed by atoms with E-state index in [0.717, 1.165) is 36.6 Å². The molecule has 1 aliphatic rings. The van der Waals surface area contributed by atoms with E-state index in [2.05, 4.69) is 11.0 Å². The molecule has 1 heterocycles. The first kappa shape index (κ1) is 13.5. The number of rotatable bonds is 3. The number of benzene rings is 1. The van der Waals surface area contributed by atoms with Crippen LogP contribution in [-0.2, 0) is 0 Å². The van der Waals surface area contributed by atoms with Crippen LogP contribution in [0.15, 0.2) is 18.2 Å². The van der Waals surface area contributed by atoms with Crippen LogP contribution in [0.5, 0.6) is 11.5 Å². The van der Waals surface area contributed by atoms with E-state index in [1.807, 2.05) is 18.2 Å². The van der Waals surface area contributed by atoms with Gasteiger partial charge in [0.1, 0.15) is 17.0 Å². The van der Waals surface area contributed by atoms with Crippen LogP contribution < -0.4 is 20.1 Å². The van der Waals surface area contributed by atoms with Crippen molar-refractivity contribution in [3.8, 4) is 17.6 Å². The van der Waals surface area contributed by atoms with Crippen molar-refractivity contribution in [2.45, 2.75) is 18.4 Å². The maximum Gasteiger partial charge on any atom is 0.145 e. The molecule has 1 fully saturated rings. The second-order valence-corrected chi connectivity index (χ2v) is 4.83. The van der Waals surface area contributed by atoms with Gasteiger partial charge in [-0.05, 0) is 25.0 Å². The zero-order valence-electron chi connectivity index (χ0n) is 11.3. The molecule has 1 aliphatic heterocycles. The van der Waals surface area contributed by atoms with Gasteiger partial charge >= 0.3 is 0 Å². The molecule has 1 atom stereocenters. The molecule has 0 saturated carbocycles. The fourth-order valence-electron chi connectivity index (χ4n) is 2.43. The van der Waals surface area contributed by atoms with Crippen molar-refractivity contribution in [2.24, 2.45) is 5.73 Å². The molecule has 5 nitrogen and oxygen atoms in total. The second-order valence-electron chi connectivity index (χ2n) is 4.83. The molecule has 1 unspecified atom stereocenters. The van der Waals surface area contributed by atoms with Crippen LogP contribution in [0.2, 0.25) is 0 Å². The highest BCUT2D eigenvalue weighted by Crippen LogP contribution is 2.34. The van der Waals surface area contributed by atoms with Crippen LogP contribution in [0, 0.1) is 11.3 Å². The van der Waals surface area contributed by atoms with Crippen LogP contribution in [0.1, 0.15) is 12.8 Å². The fraction of sp³-hybridized carbons (Fsp3) is 0.500. The third-order valence-electron chi connectivity index (χ3n) is 3.47. The van der Waals surface area contributed by atoms with Gasteiger partial charge in [0.05, 0.1) is 26.0 Å². The Kier molecular flexibility index (Phi) is 3.82. The van der Waals surface area contributed by atoms with Crippen molar-refractivity contribution in [3.05, 3.63) is 18.2 Å². The van der Waals surface area contributed by atoms with Gasteiger partial charge in [-0.3, -0.25) is 0 Å². The summed E-state index contributed by atoms with van der Waals surface area (Å²) in [6.45, 7) is 1.40. The number of ether oxygens (including phenoxy) is 2. The summed E-state index contributed by atoms with van der Waals surface area (Å²) in [5.41, 5.74) is 6.24. The van der Waals surface area contributed by atoms with Crippen LogP contribution in [-0.4, -0.2) is 32.8 Å². The summed E-state index contributed by atoms with van der Waals surface area (Å²) >= 11 is 0. The maximum absolute atomic E-state index is 9.17. The summed E-state index contributed by atoms with van der Waals surface area (Å²) < 4.78 is 10.6. The molecule has 2 rings (SSSR count). The molecule has 0 amide bonds. The summed E-state index contributed by atoms with van der Waals surface area (Å²) in [5, 5.41) is 9.17. The highest BCUT2D eigenvalue weighted by atomic mass is 16.5. The van der Waals surface area contributed by atoms with E-state index in [9.17, 15) is 5.26 Å². The summed E-state index contributed by atoms with van der Waals surface area (Å²) in [4.78, 5) is 2.10. The van der Waals surface area contributed by atoms with Gasteiger partial charge in [-0.1, -0.05) is 0 Å². The van der Waals surface area contributed by atoms with E-state index >= 15 is 0 Å². The minimum atomic E-state index is -0.775. The largest absolute Gasteiger partial charge is 0.497 e. The Bertz CT molecular complexity index is 498. The van der Waals surface area contributed by atoms with E-state index in [-0.39, 0.29) is 0 Å². The van der Waals surface area contributed by atoms with Crippen LogP contribution in [0.3, 0.4) is 0 Å². The molecule has 1 saturated heterocycles. The highest BCUT2D eigenvalue weighted by molar-refractivity contribution is 5.61. The highest BCUT2D eigenvalue weighted by Gasteiger charge is 2.32. The molecule has 102 valence electrons. The minimum Gasteiger partial charge on any atom is -0.497 e. The van der Waals surface area contributed by atoms with Crippen molar-refractivity contribution in [2.75, 3.05) is 32.2 Å². The molecule has 0 aliphatic carbocycles. The second kappa shape index (κ2) is 5.37. The summed E-state index contributed by atoms with van der Waals surface area (Å²) in [6.07, 6.45) is 1.64. The standard InChI is InChI=1S/C14H19N3O2/c1-18-11-4-5-12(13(8-11)19-2)17-7-3-6-14(16,9-15)10-17/h4-5,8H,3,6-7,10,16H2,1-2H3. The fourth-order valence-corrected chi connectivity index (χ4v) is 2.43. The van der Waals surface area contributed by atoms with Gasteiger partial charge in [-0.2, -0.15) is 5.26 Å². The summed E-state index contributed by atoms with van der Waals surface area (Å²) in [6, 6.07) is 7.88. The van der Waals surface area contributed by atoms with Crippen LogP contribution >= 0.6 is 0 Å². The third-order valence-corrected chi connectivity index (χ3v) is 3.47. The molecular weight excluding hydrogens is 242 g/mol. The SMILES string of the molecule is COc1ccc(N2CCCC(N)(C#N)C2)c(OC)c1. The van der Waals surface area contributed by atoms with Crippen molar-refractivity contribution < 1.29 is 9.47 Å². The minimum absolute atomic E-state index is 0.520. The summed E-state index contributed by atoms with van der Waals surface area (Å²) in [5.74, 6) is 1.48. The number of nitrogens with zero attached hydrogens (tertiary/aromatic N) is 2. The lowest BCUT2D eigenvalue weighted by atomic mass is 9.91. The zero-order chi connectivity index (χ0) is 13.9. The Morgan fingerprint density at radius 1 is 1.37 bits per heavy atom. The Morgan fingerprint density at radius 3 is 2.79 bits per heavy atom. The Hall–Kier alpha value is -1.93. The molecule has 0 spiro atoms. The van der Waals surface area contributed by atoms with Crippen molar-refractivity contribution in [3.63, 3.8) is 0 Å². The quantitative estimate of drug-likeness (QED) is 0.893. The first-order valence-corrected chi connectivity index (χ1v) is 6.29. The Balaban J connectivity index is 2.29. The number of hydrogen-bond acceptors (Lipinski definition) is 5. The molecular formula is C14H19N3O2. The third kappa shape index (κ3) is 2.74.